The Balaban J connectivity index is 0.00000400. The van der Waals surface area contributed by atoms with E-state index in [1.54, 1.807) is 0 Å². The standard InChI is InChI=1S/C15H29N5.HI/c1-5-7-17-15(16-6-2)18-12-14(3)13-20-10-8-19(4)9-11-20;/h1,14H,6-13H2,2-4H3,(H2,16,17,18);1H. The van der Waals surface area contributed by atoms with Crippen molar-refractivity contribution in [2.45, 2.75) is 13.8 Å². The highest BCUT2D eigenvalue weighted by Gasteiger charge is 2.15. The molecule has 0 saturated carbocycles. The van der Waals surface area contributed by atoms with Crippen LogP contribution in [-0.4, -0.2) is 75.2 Å². The summed E-state index contributed by atoms with van der Waals surface area (Å²) < 4.78 is 0. The highest BCUT2D eigenvalue weighted by Crippen LogP contribution is 2.04. The Morgan fingerprint density at radius 1 is 1.29 bits per heavy atom. The lowest BCUT2D eigenvalue weighted by atomic mass is 10.1. The van der Waals surface area contributed by atoms with Crippen LogP contribution in [-0.2, 0) is 0 Å². The van der Waals surface area contributed by atoms with Crippen molar-refractivity contribution >= 4 is 29.9 Å². The lowest BCUT2D eigenvalue weighted by Gasteiger charge is -2.33. The second kappa shape index (κ2) is 12.1. The quantitative estimate of drug-likeness (QED) is 0.294. The topological polar surface area (TPSA) is 42.9 Å². The lowest BCUT2D eigenvalue weighted by Crippen LogP contribution is -2.46. The molecule has 1 unspecified atom stereocenters. The highest BCUT2D eigenvalue weighted by atomic mass is 127. The van der Waals surface area contributed by atoms with Crippen molar-refractivity contribution in [2.24, 2.45) is 10.9 Å². The molecule has 122 valence electrons. The summed E-state index contributed by atoms with van der Waals surface area (Å²) in [6, 6.07) is 0. The second-order valence-corrected chi connectivity index (χ2v) is 5.49. The number of nitrogens with one attached hydrogen (secondary N) is 2. The van der Waals surface area contributed by atoms with Gasteiger partial charge in [-0.2, -0.15) is 0 Å². The zero-order valence-corrected chi connectivity index (χ0v) is 15.9. The molecular weight excluding hydrogens is 377 g/mol. The van der Waals surface area contributed by atoms with E-state index in [9.17, 15) is 0 Å². The van der Waals surface area contributed by atoms with E-state index in [1.165, 1.54) is 26.2 Å². The van der Waals surface area contributed by atoms with Crippen molar-refractivity contribution in [1.29, 1.82) is 0 Å². The summed E-state index contributed by atoms with van der Waals surface area (Å²) in [4.78, 5) is 9.50. The van der Waals surface area contributed by atoms with Gasteiger partial charge >= 0.3 is 0 Å². The van der Waals surface area contributed by atoms with Crippen LogP contribution in [0.15, 0.2) is 4.99 Å². The van der Waals surface area contributed by atoms with E-state index in [0.29, 0.717) is 12.5 Å². The fraction of sp³-hybridized carbons (Fsp3) is 0.800. The summed E-state index contributed by atoms with van der Waals surface area (Å²) in [5, 5.41) is 6.32. The number of piperazine rings is 1. The Hall–Kier alpha value is -0.520. The van der Waals surface area contributed by atoms with Gasteiger partial charge in [0.25, 0.3) is 0 Å². The van der Waals surface area contributed by atoms with Crippen LogP contribution in [0.4, 0.5) is 0 Å². The van der Waals surface area contributed by atoms with Gasteiger partial charge in [-0.05, 0) is 19.9 Å². The van der Waals surface area contributed by atoms with E-state index in [2.05, 4.69) is 52.2 Å². The smallest absolute Gasteiger partial charge is 0.192 e. The summed E-state index contributed by atoms with van der Waals surface area (Å²) in [6.07, 6.45) is 5.26. The average molecular weight is 407 g/mol. The molecular formula is C15H30IN5. The number of nitrogens with zero attached hydrogens (tertiary/aromatic N) is 3. The molecule has 0 aromatic carbocycles. The van der Waals surface area contributed by atoms with Crippen LogP contribution in [0.25, 0.3) is 0 Å². The van der Waals surface area contributed by atoms with Gasteiger partial charge in [0.15, 0.2) is 5.96 Å². The molecule has 6 heteroatoms. The van der Waals surface area contributed by atoms with Crippen molar-refractivity contribution in [3.05, 3.63) is 0 Å². The number of hydrogen-bond acceptors (Lipinski definition) is 3. The summed E-state index contributed by atoms with van der Waals surface area (Å²) >= 11 is 0. The van der Waals surface area contributed by atoms with Gasteiger partial charge < -0.3 is 20.4 Å². The van der Waals surface area contributed by atoms with Crippen LogP contribution in [0, 0.1) is 18.3 Å². The van der Waals surface area contributed by atoms with Gasteiger partial charge in [0.05, 0.1) is 6.54 Å². The lowest BCUT2D eigenvalue weighted by molar-refractivity contribution is 0.140. The Bertz CT molecular complexity index is 331. The van der Waals surface area contributed by atoms with Crippen LogP contribution < -0.4 is 10.6 Å². The van der Waals surface area contributed by atoms with Crippen LogP contribution in [0.1, 0.15) is 13.8 Å². The molecule has 0 amide bonds. The normalized spacial score (nSPS) is 18.5. The van der Waals surface area contributed by atoms with E-state index in [0.717, 1.165) is 25.6 Å². The van der Waals surface area contributed by atoms with Gasteiger partial charge in [-0.25, -0.2) is 0 Å². The molecule has 0 aromatic rings. The molecule has 1 rings (SSSR count). The van der Waals surface area contributed by atoms with Crippen molar-refractivity contribution in [2.75, 3.05) is 59.4 Å². The number of terminal acetylenes is 1. The number of guanidine groups is 1. The van der Waals surface area contributed by atoms with Crippen LogP contribution >= 0.6 is 24.0 Å². The molecule has 5 nitrogen and oxygen atoms in total. The second-order valence-electron chi connectivity index (χ2n) is 5.49. The van der Waals surface area contributed by atoms with E-state index >= 15 is 0 Å². The molecule has 0 bridgehead atoms. The van der Waals surface area contributed by atoms with Gasteiger partial charge in [0.1, 0.15) is 0 Å². The summed E-state index contributed by atoms with van der Waals surface area (Å²) in [5.41, 5.74) is 0. The molecule has 1 aliphatic rings. The first kappa shape index (κ1) is 20.5. The molecule has 1 aliphatic heterocycles. The van der Waals surface area contributed by atoms with Crippen LogP contribution in [0.3, 0.4) is 0 Å². The Labute approximate surface area is 147 Å². The fourth-order valence-corrected chi connectivity index (χ4v) is 2.25. The largest absolute Gasteiger partial charge is 0.357 e. The minimum atomic E-state index is 0. The number of hydrogen-bond donors (Lipinski definition) is 2. The monoisotopic (exact) mass is 407 g/mol. The molecule has 1 atom stereocenters. The minimum absolute atomic E-state index is 0. The predicted molar refractivity (Wildman–Crippen MR) is 101 cm³/mol. The van der Waals surface area contributed by atoms with E-state index in [1.807, 2.05) is 0 Å². The number of aliphatic imine (C=N–C) groups is 1. The molecule has 1 saturated heterocycles. The first-order valence-corrected chi connectivity index (χ1v) is 7.52. The van der Waals surface area contributed by atoms with Crippen molar-refractivity contribution in [3.8, 4) is 12.3 Å². The molecule has 0 aromatic heterocycles. The van der Waals surface area contributed by atoms with Crippen LogP contribution in [0.2, 0.25) is 0 Å². The fourth-order valence-electron chi connectivity index (χ4n) is 2.25. The van der Waals surface area contributed by atoms with Crippen molar-refractivity contribution in [1.82, 2.24) is 20.4 Å². The number of likely N-dealkylation sites (N-methyl/N-ethyl adjacent to an activating group) is 1. The molecule has 0 radical (unpaired) electrons. The average Bonchev–Trinajstić information content (AvgIpc) is 2.44. The van der Waals surface area contributed by atoms with Gasteiger partial charge in [-0.3, -0.25) is 4.99 Å². The third kappa shape index (κ3) is 9.17. The molecule has 0 spiro atoms. The van der Waals surface area contributed by atoms with Crippen molar-refractivity contribution in [3.63, 3.8) is 0 Å². The first-order chi connectivity index (χ1) is 9.65. The van der Waals surface area contributed by atoms with Gasteiger partial charge in [0.2, 0.25) is 0 Å². The highest BCUT2D eigenvalue weighted by molar-refractivity contribution is 14.0. The Morgan fingerprint density at radius 3 is 2.52 bits per heavy atom. The molecule has 1 fully saturated rings. The maximum atomic E-state index is 5.26. The zero-order valence-electron chi connectivity index (χ0n) is 13.6. The van der Waals surface area contributed by atoms with Gasteiger partial charge in [-0.1, -0.05) is 12.8 Å². The third-order valence-electron chi connectivity index (χ3n) is 3.43. The summed E-state index contributed by atoms with van der Waals surface area (Å²) in [5.74, 6) is 3.94. The summed E-state index contributed by atoms with van der Waals surface area (Å²) in [7, 11) is 2.19. The SMILES string of the molecule is C#CCNC(=NCC(C)CN1CCN(C)CC1)NCC.I. The number of rotatable bonds is 6. The van der Waals surface area contributed by atoms with Gasteiger partial charge in [0, 0.05) is 45.8 Å². The molecule has 2 N–H and O–H groups in total. The maximum Gasteiger partial charge on any atom is 0.192 e. The van der Waals surface area contributed by atoms with Gasteiger partial charge in [-0.15, -0.1) is 30.4 Å². The van der Waals surface area contributed by atoms with E-state index < -0.39 is 0 Å². The number of halogens is 1. The molecule has 1 heterocycles. The molecule has 21 heavy (non-hydrogen) atoms. The van der Waals surface area contributed by atoms with E-state index in [-0.39, 0.29) is 24.0 Å². The predicted octanol–water partition coefficient (Wildman–Crippen LogP) is 0.676. The Morgan fingerprint density at radius 2 is 1.95 bits per heavy atom. The van der Waals surface area contributed by atoms with Crippen molar-refractivity contribution < 1.29 is 0 Å². The zero-order chi connectivity index (χ0) is 14.8. The third-order valence-corrected chi connectivity index (χ3v) is 3.43. The Kier molecular flexibility index (Phi) is 11.8. The van der Waals surface area contributed by atoms with Crippen LogP contribution in [0.5, 0.6) is 0 Å². The molecule has 0 aliphatic carbocycles. The summed E-state index contributed by atoms with van der Waals surface area (Å²) in [6.45, 7) is 12.3. The first-order valence-electron chi connectivity index (χ1n) is 7.52. The van der Waals surface area contributed by atoms with E-state index in [4.69, 9.17) is 6.42 Å². The minimum Gasteiger partial charge on any atom is -0.357 e. The maximum absolute atomic E-state index is 5.26.